The molecule has 0 amide bonds. The quantitative estimate of drug-likeness (QED) is 0.256. The molecule has 10 heteroatoms. The van der Waals surface area contributed by atoms with Crippen molar-refractivity contribution in [3.63, 3.8) is 0 Å². The summed E-state index contributed by atoms with van der Waals surface area (Å²) in [6.07, 6.45) is 0. The highest BCUT2D eigenvalue weighted by atomic mass is 35.5. The molecule has 26 heavy (non-hydrogen) atoms. The Labute approximate surface area is 186 Å². The summed E-state index contributed by atoms with van der Waals surface area (Å²) in [7, 11) is 0. The maximum Gasteiger partial charge on any atom is 0.155 e. The third-order valence-electron chi connectivity index (χ3n) is 3.44. The Morgan fingerprint density at radius 2 is 0.846 bits per heavy atom. The number of hydrogen-bond acceptors (Lipinski definition) is 4. The van der Waals surface area contributed by atoms with Gasteiger partial charge in [-0.3, -0.25) is 0 Å². The molecule has 2 heterocycles. The summed E-state index contributed by atoms with van der Waals surface area (Å²) in [5.41, 5.74) is 1.58. The van der Waals surface area contributed by atoms with Crippen LogP contribution in [0, 0.1) is 0 Å². The minimum Gasteiger partial charge on any atom is -0.223 e. The van der Waals surface area contributed by atoms with Crippen LogP contribution in [0.2, 0.25) is 30.1 Å². The van der Waals surface area contributed by atoms with Crippen LogP contribution in [0.5, 0.6) is 0 Å². The molecule has 4 rings (SSSR count). The predicted octanol–water partition coefficient (Wildman–Crippen LogP) is 9.01. The van der Waals surface area contributed by atoms with E-state index in [2.05, 4.69) is 9.97 Å². The molecule has 0 radical (unpaired) electrons. The number of benzene rings is 2. The van der Waals surface area contributed by atoms with E-state index in [1.165, 1.54) is 22.7 Å². The molecule has 0 bridgehead atoms. The number of rotatable bonds is 2. The fraction of sp³-hybridized carbons (Fsp3) is 0. The smallest absolute Gasteiger partial charge is 0.155 e. The van der Waals surface area contributed by atoms with Crippen molar-refractivity contribution in [3.05, 3.63) is 54.4 Å². The van der Waals surface area contributed by atoms with E-state index in [0.29, 0.717) is 30.1 Å². The predicted molar refractivity (Wildman–Crippen MR) is 116 cm³/mol. The Hall–Kier alpha value is -0.300. The Morgan fingerprint density at radius 3 is 1.15 bits per heavy atom. The van der Waals surface area contributed by atoms with E-state index in [-0.39, 0.29) is 0 Å². The molecule has 2 nitrogen and oxygen atoms in total. The van der Waals surface area contributed by atoms with E-state index in [1.54, 1.807) is 24.3 Å². The summed E-state index contributed by atoms with van der Waals surface area (Å²) in [5.74, 6) is 0. The zero-order valence-corrected chi connectivity index (χ0v) is 18.5. The van der Waals surface area contributed by atoms with E-state index >= 15 is 0 Å². The average molecular weight is 501 g/mol. The van der Waals surface area contributed by atoms with Gasteiger partial charge in [-0.15, -0.1) is 0 Å². The molecule has 132 valence electrons. The van der Waals surface area contributed by atoms with E-state index in [4.69, 9.17) is 69.6 Å². The van der Waals surface area contributed by atoms with Crippen molar-refractivity contribution < 1.29 is 0 Å². The fourth-order valence-corrected chi connectivity index (χ4v) is 5.46. The van der Waals surface area contributed by atoms with Crippen molar-refractivity contribution in [3.8, 4) is 21.1 Å². The first-order valence-electron chi connectivity index (χ1n) is 6.90. The Kier molecular flexibility index (Phi) is 5.32. The normalized spacial score (nSPS) is 11.5. The lowest BCUT2D eigenvalue weighted by Gasteiger charge is -2.03. The zero-order chi connectivity index (χ0) is 18.6. The first-order chi connectivity index (χ1) is 12.3. The second-order valence-corrected chi connectivity index (χ2v) is 9.50. The number of thiazole rings is 2. The lowest BCUT2D eigenvalue weighted by molar-refractivity contribution is 1.48. The number of halogens is 6. The highest BCUT2D eigenvalue weighted by Gasteiger charge is 2.16. The minimum atomic E-state index is 0.326. The average Bonchev–Trinajstić information content (AvgIpc) is 3.15. The van der Waals surface area contributed by atoms with Gasteiger partial charge in [-0.05, 0) is 24.3 Å². The SMILES string of the molecule is Clc1cc(-c2nc3sc(-c4cc(Cl)c(Cl)c(Cl)c4)nc3s2)cc(Cl)c1Cl. The van der Waals surface area contributed by atoms with Crippen molar-refractivity contribution in [2.45, 2.75) is 0 Å². The van der Waals surface area contributed by atoms with Crippen LogP contribution in [0.25, 0.3) is 30.8 Å². The zero-order valence-electron chi connectivity index (χ0n) is 12.3. The van der Waals surface area contributed by atoms with Gasteiger partial charge in [-0.25, -0.2) is 9.97 Å². The van der Waals surface area contributed by atoms with Gasteiger partial charge in [0.15, 0.2) is 9.66 Å². The van der Waals surface area contributed by atoms with Crippen LogP contribution >= 0.6 is 92.3 Å². The van der Waals surface area contributed by atoms with Crippen LogP contribution in [0.15, 0.2) is 24.3 Å². The Morgan fingerprint density at radius 1 is 0.538 bits per heavy atom. The van der Waals surface area contributed by atoms with Gasteiger partial charge in [0.25, 0.3) is 0 Å². The topological polar surface area (TPSA) is 25.8 Å². The maximum atomic E-state index is 6.10. The highest BCUT2D eigenvalue weighted by Crippen LogP contribution is 2.41. The molecule has 0 aliphatic heterocycles. The van der Waals surface area contributed by atoms with Gasteiger partial charge in [0.05, 0.1) is 30.1 Å². The molecule has 0 saturated heterocycles. The second kappa shape index (κ2) is 7.26. The lowest BCUT2D eigenvalue weighted by Crippen LogP contribution is -1.80. The molecule has 4 aromatic rings. The van der Waals surface area contributed by atoms with E-state index < -0.39 is 0 Å². The third kappa shape index (κ3) is 3.43. The monoisotopic (exact) mass is 498 g/mol. The molecule has 0 aliphatic carbocycles. The first kappa shape index (κ1) is 19.0. The summed E-state index contributed by atoms with van der Waals surface area (Å²) < 4.78 is 0. The molecule has 0 fully saturated rings. The molecule has 0 N–H and O–H groups in total. The number of aromatic nitrogens is 2. The van der Waals surface area contributed by atoms with Gasteiger partial charge in [-0.2, -0.15) is 0 Å². The number of fused-ring (bicyclic) bond motifs is 1. The molecular formula is C16H4Cl6N2S2. The third-order valence-corrected chi connectivity index (χ3v) is 7.96. The Bertz CT molecular complexity index is 1000. The summed E-state index contributed by atoms with van der Waals surface area (Å²) >= 11 is 39.3. The number of nitrogens with zero attached hydrogens (tertiary/aromatic N) is 2. The molecule has 2 aromatic heterocycles. The van der Waals surface area contributed by atoms with Gasteiger partial charge in [0.2, 0.25) is 0 Å². The van der Waals surface area contributed by atoms with E-state index in [1.807, 2.05) is 0 Å². The van der Waals surface area contributed by atoms with Crippen molar-refractivity contribution in [1.82, 2.24) is 9.97 Å². The fourth-order valence-electron chi connectivity index (χ4n) is 2.25. The van der Waals surface area contributed by atoms with Crippen LogP contribution in [-0.4, -0.2) is 9.97 Å². The number of hydrogen-bond donors (Lipinski definition) is 0. The summed E-state index contributed by atoms with van der Waals surface area (Å²) in [5, 5.41) is 3.70. The molecule has 0 unspecified atom stereocenters. The molecular weight excluding hydrogens is 497 g/mol. The van der Waals surface area contributed by atoms with Gasteiger partial charge >= 0.3 is 0 Å². The van der Waals surface area contributed by atoms with Crippen LogP contribution < -0.4 is 0 Å². The van der Waals surface area contributed by atoms with Gasteiger partial charge < -0.3 is 0 Å². The van der Waals surface area contributed by atoms with Crippen molar-refractivity contribution >= 4 is 102 Å². The van der Waals surface area contributed by atoms with Gasteiger partial charge in [0.1, 0.15) is 10.0 Å². The Balaban J connectivity index is 1.77. The van der Waals surface area contributed by atoms with E-state index in [9.17, 15) is 0 Å². The second-order valence-electron chi connectivity index (χ2n) is 5.16. The van der Waals surface area contributed by atoms with Crippen molar-refractivity contribution in [1.29, 1.82) is 0 Å². The van der Waals surface area contributed by atoms with Crippen molar-refractivity contribution in [2.24, 2.45) is 0 Å². The molecule has 0 spiro atoms. The standard InChI is InChI=1S/C16H4Cl6N2S2/c17-7-1-5(2-8(18)11(7)21)13-23-15-16(25-13)24-14(26-15)6-3-9(19)12(22)10(20)4-6/h1-4H. The van der Waals surface area contributed by atoms with Crippen LogP contribution in [0.1, 0.15) is 0 Å². The largest absolute Gasteiger partial charge is 0.223 e. The highest BCUT2D eigenvalue weighted by molar-refractivity contribution is 7.29. The molecule has 2 aromatic carbocycles. The summed E-state index contributed by atoms with van der Waals surface area (Å²) in [6.45, 7) is 0. The van der Waals surface area contributed by atoms with Crippen molar-refractivity contribution in [2.75, 3.05) is 0 Å². The molecule has 0 aliphatic rings. The molecule has 0 atom stereocenters. The van der Waals surface area contributed by atoms with Crippen LogP contribution in [0.3, 0.4) is 0 Å². The minimum absolute atomic E-state index is 0.326. The first-order valence-corrected chi connectivity index (χ1v) is 10.8. The van der Waals surface area contributed by atoms with Crippen LogP contribution in [-0.2, 0) is 0 Å². The lowest BCUT2D eigenvalue weighted by atomic mass is 10.2. The molecule has 0 saturated carbocycles. The summed E-state index contributed by atoms with van der Waals surface area (Å²) in [6, 6.07) is 6.94. The maximum absolute atomic E-state index is 6.10. The van der Waals surface area contributed by atoms with Gasteiger partial charge in [-0.1, -0.05) is 92.3 Å². The van der Waals surface area contributed by atoms with E-state index in [0.717, 1.165) is 30.8 Å². The summed E-state index contributed by atoms with van der Waals surface area (Å²) in [4.78, 5) is 10.8. The van der Waals surface area contributed by atoms with Crippen LogP contribution in [0.4, 0.5) is 0 Å². The van der Waals surface area contributed by atoms with Gasteiger partial charge in [0, 0.05) is 11.1 Å².